The third-order valence-electron chi connectivity index (χ3n) is 3.43. The Labute approximate surface area is 135 Å². The van der Waals surface area contributed by atoms with Gasteiger partial charge in [-0.15, -0.1) is 0 Å². The Bertz CT molecular complexity index is 737. The van der Waals surface area contributed by atoms with Crippen LogP contribution in [0.15, 0.2) is 79.1 Å². The van der Waals surface area contributed by atoms with E-state index in [9.17, 15) is 0 Å². The van der Waals surface area contributed by atoms with E-state index >= 15 is 0 Å². The Morgan fingerprint density at radius 2 is 1.59 bits per heavy atom. The van der Waals surface area contributed by atoms with Gasteiger partial charge >= 0.3 is 0 Å². The van der Waals surface area contributed by atoms with E-state index in [1.54, 1.807) is 6.20 Å². The molecule has 2 nitrogen and oxygen atoms in total. The molecule has 0 aliphatic heterocycles. The molecule has 3 rings (SSSR count). The Morgan fingerprint density at radius 3 is 2.27 bits per heavy atom. The highest BCUT2D eigenvalue weighted by Gasteiger charge is 2.02. The summed E-state index contributed by atoms with van der Waals surface area (Å²) in [6, 6.07) is 22.6. The molecule has 2 aromatic carbocycles. The van der Waals surface area contributed by atoms with Gasteiger partial charge in [0.1, 0.15) is 4.99 Å². The number of hydrogen-bond donors (Lipinski definition) is 1. The molecule has 0 bridgehead atoms. The molecule has 1 heterocycles. The van der Waals surface area contributed by atoms with E-state index in [-0.39, 0.29) is 0 Å². The fraction of sp³-hybridized carbons (Fsp3) is 0.0526. The van der Waals surface area contributed by atoms with Gasteiger partial charge in [-0.05, 0) is 22.8 Å². The van der Waals surface area contributed by atoms with Gasteiger partial charge in [0, 0.05) is 24.5 Å². The Hall–Kier alpha value is -2.52. The molecule has 0 spiro atoms. The fourth-order valence-electron chi connectivity index (χ4n) is 2.23. The predicted octanol–water partition coefficient (Wildman–Crippen LogP) is 4.21. The van der Waals surface area contributed by atoms with Crippen LogP contribution in [-0.2, 0) is 6.54 Å². The summed E-state index contributed by atoms with van der Waals surface area (Å²) >= 11 is 5.45. The molecule has 0 aliphatic carbocycles. The maximum absolute atomic E-state index is 5.45. The van der Waals surface area contributed by atoms with Gasteiger partial charge in [-0.2, -0.15) is 0 Å². The number of thiocarbonyl (C=S) groups is 1. The lowest BCUT2D eigenvalue weighted by molar-refractivity contribution is 0.919. The molecule has 0 saturated heterocycles. The van der Waals surface area contributed by atoms with Gasteiger partial charge in [0.2, 0.25) is 0 Å². The van der Waals surface area contributed by atoms with E-state index in [2.05, 4.69) is 46.7 Å². The van der Waals surface area contributed by atoms with Crippen LogP contribution >= 0.6 is 12.2 Å². The number of aromatic nitrogens is 1. The maximum Gasteiger partial charge on any atom is 0.106 e. The van der Waals surface area contributed by atoms with Gasteiger partial charge in [0.25, 0.3) is 0 Å². The zero-order valence-corrected chi connectivity index (χ0v) is 12.9. The summed E-state index contributed by atoms with van der Waals surface area (Å²) in [5.41, 5.74) is 4.55. The second kappa shape index (κ2) is 6.96. The first-order valence-electron chi connectivity index (χ1n) is 7.15. The molecule has 3 heteroatoms. The lowest BCUT2D eigenvalue weighted by atomic mass is 10.0. The van der Waals surface area contributed by atoms with Crippen molar-refractivity contribution in [2.24, 2.45) is 0 Å². The zero-order chi connectivity index (χ0) is 15.2. The summed E-state index contributed by atoms with van der Waals surface area (Å²) in [6.07, 6.45) is 3.61. The highest BCUT2D eigenvalue weighted by molar-refractivity contribution is 7.80. The van der Waals surface area contributed by atoms with E-state index in [1.807, 2.05) is 36.5 Å². The van der Waals surface area contributed by atoms with Crippen molar-refractivity contribution in [1.82, 2.24) is 10.3 Å². The molecule has 3 aromatic rings. The van der Waals surface area contributed by atoms with E-state index in [4.69, 9.17) is 12.2 Å². The average molecular weight is 304 g/mol. The van der Waals surface area contributed by atoms with Crippen LogP contribution in [0.2, 0.25) is 0 Å². The van der Waals surface area contributed by atoms with Gasteiger partial charge in [-0.1, -0.05) is 72.9 Å². The quantitative estimate of drug-likeness (QED) is 0.731. The molecule has 108 valence electrons. The van der Waals surface area contributed by atoms with Crippen molar-refractivity contribution < 1.29 is 0 Å². The molecule has 0 radical (unpaired) electrons. The molecule has 1 aromatic heterocycles. The smallest absolute Gasteiger partial charge is 0.106 e. The molecule has 0 amide bonds. The highest BCUT2D eigenvalue weighted by Crippen LogP contribution is 2.19. The monoisotopic (exact) mass is 304 g/mol. The van der Waals surface area contributed by atoms with Crippen LogP contribution < -0.4 is 5.32 Å². The molecule has 22 heavy (non-hydrogen) atoms. The van der Waals surface area contributed by atoms with Crippen LogP contribution in [0.1, 0.15) is 11.1 Å². The number of pyridine rings is 1. The van der Waals surface area contributed by atoms with E-state index in [0.717, 1.165) is 16.1 Å². The second-order valence-electron chi connectivity index (χ2n) is 4.99. The molecule has 0 atom stereocenters. The topological polar surface area (TPSA) is 24.9 Å². The number of nitrogens with zero attached hydrogens (tertiary/aromatic N) is 1. The van der Waals surface area contributed by atoms with Crippen LogP contribution in [0.25, 0.3) is 11.1 Å². The largest absolute Gasteiger partial charge is 0.372 e. The molecule has 0 unspecified atom stereocenters. The number of benzene rings is 2. The normalized spacial score (nSPS) is 10.2. The van der Waals surface area contributed by atoms with Crippen LogP contribution in [-0.4, -0.2) is 9.97 Å². The fourth-order valence-corrected chi connectivity index (χ4v) is 2.44. The third kappa shape index (κ3) is 3.57. The first kappa shape index (κ1) is 14.4. The van der Waals surface area contributed by atoms with Crippen molar-refractivity contribution in [1.29, 1.82) is 0 Å². The summed E-state index contributed by atoms with van der Waals surface area (Å²) in [5, 5.41) is 3.27. The predicted molar refractivity (Wildman–Crippen MR) is 94.7 cm³/mol. The lowest BCUT2D eigenvalue weighted by Gasteiger charge is -2.09. The Morgan fingerprint density at radius 1 is 0.864 bits per heavy atom. The van der Waals surface area contributed by atoms with Crippen LogP contribution in [0.4, 0.5) is 0 Å². The molecular formula is C19H16N2S. The van der Waals surface area contributed by atoms with Crippen molar-refractivity contribution >= 4 is 17.2 Å². The lowest BCUT2D eigenvalue weighted by Crippen LogP contribution is -2.21. The number of nitrogens with one attached hydrogen (secondary N) is 1. The van der Waals surface area contributed by atoms with Crippen molar-refractivity contribution in [2.75, 3.05) is 0 Å². The molecule has 0 fully saturated rings. The van der Waals surface area contributed by atoms with E-state index < -0.39 is 0 Å². The molecular weight excluding hydrogens is 288 g/mol. The van der Waals surface area contributed by atoms with Crippen LogP contribution in [0.3, 0.4) is 0 Å². The van der Waals surface area contributed by atoms with Crippen molar-refractivity contribution in [3.05, 3.63) is 90.3 Å². The minimum atomic E-state index is 0.688. The summed E-state index contributed by atoms with van der Waals surface area (Å²) in [6.45, 7) is 0.688. The SMILES string of the molecule is S=C(NCc1cccnc1)c1ccc(-c2ccccc2)cc1. The maximum atomic E-state index is 5.45. The van der Waals surface area contributed by atoms with Gasteiger partial charge in [-0.25, -0.2) is 0 Å². The summed E-state index contributed by atoms with van der Waals surface area (Å²) in [5.74, 6) is 0. The van der Waals surface area contributed by atoms with Crippen molar-refractivity contribution in [3.63, 3.8) is 0 Å². The van der Waals surface area contributed by atoms with E-state index in [0.29, 0.717) is 6.54 Å². The van der Waals surface area contributed by atoms with Gasteiger partial charge < -0.3 is 5.32 Å². The van der Waals surface area contributed by atoms with Crippen molar-refractivity contribution in [2.45, 2.75) is 6.54 Å². The standard InChI is InChI=1S/C19H16N2S/c22-19(21-14-15-5-4-12-20-13-15)18-10-8-17(9-11-18)16-6-2-1-3-7-16/h1-13H,14H2,(H,21,22). The second-order valence-corrected chi connectivity index (χ2v) is 5.40. The van der Waals surface area contributed by atoms with Crippen LogP contribution in [0, 0.1) is 0 Å². The van der Waals surface area contributed by atoms with Gasteiger partial charge in [-0.3, -0.25) is 4.98 Å². The summed E-state index contributed by atoms with van der Waals surface area (Å²) in [4.78, 5) is 4.85. The van der Waals surface area contributed by atoms with Gasteiger partial charge in [0.15, 0.2) is 0 Å². The number of hydrogen-bond acceptors (Lipinski definition) is 2. The zero-order valence-electron chi connectivity index (χ0n) is 12.1. The van der Waals surface area contributed by atoms with Crippen molar-refractivity contribution in [3.8, 4) is 11.1 Å². The minimum absolute atomic E-state index is 0.688. The Balaban J connectivity index is 1.66. The Kier molecular flexibility index (Phi) is 4.56. The first-order valence-corrected chi connectivity index (χ1v) is 7.56. The minimum Gasteiger partial charge on any atom is -0.372 e. The highest BCUT2D eigenvalue weighted by atomic mass is 32.1. The summed E-state index contributed by atoms with van der Waals surface area (Å²) < 4.78 is 0. The van der Waals surface area contributed by atoms with Crippen LogP contribution in [0.5, 0.6) is 0 Å². The third-order valence-corrected chi connectivity index (χ3v) is 3.81. The number of rotatable bonds is 4. The first-order chi connectivity index (χ1) is 10.8. The molecule has 1 N–H and O–H groups in total. The molecule has 0 saturated carbocycles. The summed E-state index contributed by atoms with van der Waals surface area (Å²) in [7, 11) is 0. The van der Waals surface area contributed by atoms with Gasteiger partial charge in [0.05, 0.1) is 0 Å². The molecule has 0 aliphatic rings. The van der Waals surface area contributed by atoms with E-state index in [1.165, 1.54) is 11.1 Å². The average Bonchev–Trinajstić information content (AvgIpc) is 2.61.